The molecule has 0 bridgehead atoms. The van der Waals surface area contributed by atoms with Crippen molar-refractivity contribution in [2.75, 3.05) is 26.7 Å². The van der Waals surface area contributed by atoms with Crippen LogP contribution in [-0.4, -0.2) is 26.7 Å². The van der Waals surface area contributed by atoms with E-state index in [2.05, 4.69) is 273 Å². The molecule has 2 nitrogen and oxygen atoms in total. The molecule has 418 valence electrons. The third-order valence-corrected chi connectivity index (χ3v) is 21.3. The summed E-state index contributed by atoms with van der Waals surface area (Å²) < 4.78 is 27.0. The van der Waals surface area contributed by atoms with Crippen LogP contribution in [0.25, 0.3) is 164 Å². The highest BCUT2D eigenvalue weighted by Gasteiger charge is 2.22. The van der Waals surface area contributed by atoms with Crippen molar-refractivity contribution < 1.29 is 9.13 Å². The van der Waals surface area contributed by atoms with Crippen LogP contribution in [0, 0.1) is 0 Å². The van der Waals surface area contributed by atoms with Gasteiger partial charge in [-0.3, -0.25) is 0 Å². The SMILES string of the molecule is CP(C)(=O)c1ccc(-c2cc(-c3c4ccccc4cc4ccccc34)cc(-c3c4ccccc4cc4cc(-c5ccc6c(-c7cc(-c8cccc(P(C)(C)=O)c8)cc(-c8c9ccccc9cc9ccccc89)c7)c7ccccc7cc6c5)ccc34)c2)cc1. The van der Waals surface area contributed by atoms with Gasteiger partial charge in [0.25, 0.3) is 0 Å². The molecule has 16 aromatic carbocycles. The Bertz CT molecular complexity index is 5580. The van der Waals surface area contributed by atoms with Crippen LogP contribution < -0.4 is 10.6 Å². The lowest BCUT2D eigenvalue weighted by Crippen LogP contribution is -2.02. The van der Waals surface area contributed by atoms with E-state index in [0.717, 1.165) is 77.0 Å². The van der Waals surface area contributed by atoms with Gasteiger partial charge in [-0.1, -0.05) is 212 Å². The van der Waals surface area contributed by atoms with Crippen LogP contribution in [0.5, 0.6) is 0 Å². The number of rotatable bonds is 9. The Labute approximate surface area is 512 Å². The molecule has 0 N–H and O–H groups in total. The molecule has 0 aliphatic heterocycles. The van der Waals surface area contributed by atoms with Crippen LogP contribution in [0.3, 0.4) is 0 Å². The summed E-state index contributed by atoms with van der Waals surface area (Å²) in [6.07, 6.45) is 0. The van der Waals surface area contributed by atoms with Crippen molar-refractivity contribution in [2.45, 2.75) is 0 Å². The predicted octanol–water partition coefficient (Wildman–Crippen LogP) is 23.1. The van der Waals surface area contributed by atoms with Crippen molar-refractivity contribution in [2.24, 2.45) is 0 Å². The van der Waals surface area contributed by atoms with Crippen LogP contribution >= 0.6 is 14.3 Å². The summed E-state index contributed by atoms with van der Waals surface area (Å²) in [4.78, 5) is 0. The quantitative estimate of drug-likeness (QED) is 0.107. The van der Waals surface area contributed by atoms with E-state index in [-0.39, 0.29) is 0 Å². The minimum atomic E-state index is -2.56. The molecule has 0 unspecified atom stereocenters. The zero-order valence-corrected chi connectivity index (χ0v) is 51.2. The third kappa shape index (κ3) is 9.35. The van der Waals surface area contributed by atoms with E-state index in [9.17, 15) is 9.13 Å². The summed E-state index contributed by atoms with van der Waals surface area (Å²) in [5.74, 6) is 0. The van der Waals surface area contributed by atoms with Gasteiger partial charge in [-0.25, -0.2) is 0 Å². The van der Waals surface area contributed by atoms with Crippen LogP contribution in [0.2, 0.25) is 0 Å². The lowest BCUT2D eigenvalue weighted by atomic mass is 9.85. The molecule has 0 spiro atoms. The first-order chi connectivity index (χ1) is 42.8. The summed E-state index contributed by atoms with van der Waals surface area (Å²) in [6.45, 7) is 7.39. The van der Waals surface area contributed by atoms with E-state index in [1.807, 2.05) is 44.9 Å². The van der Waals surface area contributed by atoms with Crippen molar-refractivity contribution in [1.29, 1.82) is 0 Å². The van der Waals surface area contributed by atoms with Gasteiger partial charge in [0.05, 0.1) is 0 Å². The maximum atomic E-state index is 13.7. The summed E-state index contributed by atoms with van der Waals surface area (Å²) in [7, 11) is -5.03. The molecule has 4 heteroatoms. The lowest BCUT2D eigenvalue weighted by Gasteiger charge is -2.19. The number of benzene rings is 16. The van der Waals surface area contributed by atoms with E-state index in [4.69, 9.17) is 0 Å². The lowest BCUT2D eigenvalue weighted by molar-refractivity contribution is 0.587. The second-order valence-electron chi connectivity index (χ2n) is 24.6. The Hall–Kier alpha value is -9.94. The fraction of sp³-hybridized carbons (Fsp3) is 0.0476. The summed E-state index contributed by atoms with van der Waals surface area (Å²) in [5.41, 5.74) is 15.9. The van der Waals surface area contributed by atoms with Gasteiger partial charge in [0.2, 0.25) is 0 Å². The zero-order valence-electron chi connectivity index (χ0n) is 49.4. The molecule has 0 fully saturated rings. The number of fused-ring (bicyclic) bond motifs is 8. The van der Waals surface area contributed by atoms with Crippen LogP contribution in [0.15, 0.2) is 291 Å². The van der Waals surface area contributed by atoms with E-state index >= 15 is 0 Å². The minimum absolute atomic E-state index is 0.868. The topological polar surface area (TPSA) is 34.1 Å². The maximum Gasteiger partial charge on any atom is 0.109 e. The molecule has 0 saturated heterocycles. The molecular weight excluding hydrogens is 1100 g/mol. The predicted molar refractivity (Wildman–Crippen MR) is 383 cm³/mol. The molecule has 88 heavy (non-hydrogen) atoms. The van der Waals surface area contributed by atoms with Gasteiger partial charge >= 0.3 is 0 Å². The van der Waals surface area contributed by atoms with Crippen molar-refractivity contribution in [3.05, 3.63) is 291 Å². The highest BCUT2D eigenvalue weighted by molar-refractivity contribution is 7.70. The van der Waals surface area contributed by atoms with Gasteiger partial charge in [0, 0.05) is 10.6 Å². The van der Waals surface area contributed by atoms with Crippen molar-refractivity contribution in [3.63, 3.8) is 0 Å². The maximum absolute atomic E-state index is 13.7. The second kappa shape index (κ2) is 20.9. The number of hydrogen-bond donors (Lipinski definition) is 0. The smallest absolute Gasteiger partial charge is 0.109 e. The number of hydrogen-bond acceptors (Lipinski definition) is 2. The summed E-state index contributed by atoms with van der Waals surface area (Å²) in [5, 5.41) is 20.8. The summed E-state index contributed by atoms with van der Waals surface area (Å²) >= 11 is 0. The normalized spacial score (nSPS) is 12.2. The molecule has 0 amide bonds. The monoisotopic (exact) mass is 1160 g/mol. The molecule has 0 atom stereocenters. The largest absolute Gasteiger partial charge is 0.319 e. The van der Waals surface area contributed by atoms with Gasteiger partial charge < -0.3 is 9.13 Å². The molecule has 16 aromatic rings. The first kappa shape index (κ1) is 53.5. The molecule has 0 aliphatic carbocycles. The Morgan fingerprint density at radius 3 is 0.795 bits per heavy atom. The molecule has 0 heterocycles. The highest BCUT2D eigenvalue weighted by atomic mass is 31.2. The fourth-order valence-electron chi connectivity index (χ4n) is 14.0. The van der Waals surface area contributed by atoms with Gasteiger partial charge in [0.15, 0.2) is 0 Å². The molecule has 0 saturated carbocycles. The van der Waals surface area contributed by atoms with Crippen molar-refractivity contribution in [3.8, 4) is 77.9 Å². The molecule has 0 aromatic heterocycles. The average Bonchev–Trinajstić information content (AvgIpc) is 0.837. The van der Waals surface area contributed by atoms with E-state index in [0.29, 0.717) is 0 Å². The minimum Gasteiger partial charge on any atom is -0.319 e. The average molecular weight is 1160 g/mol. The van der Waals surface area contributed by atoms with Gasteiger partial charge in [-0.05, 0) is 270 Å². The van der Waals surface area contributed by atoms with Crippen molar-refractivity contribution >= 4 is 111 Å². The fourth-order valence-corrected chi connectivity index (χ4v) is 15.7. The van der Waals surface area contributed by atoms with Crippen LogP contribution in [0.4, 0.5) is 0 Å². The summed E-state index contributed by atoms with van der Waals surface area (Å²) in [6, 6.07) is 107. The van der Waals surface area contributed by atoms with E-state index < -0.39 is 14.3 Å². The van der Waals surface area contributed by atoms with E-state index in [1.165, 1.54) is 97.7 Å². The van der Waals surface area contributed by atoms with E-state index in [1.54, 1.807) is 0 Å². The molecule has 0 radical (unpaired) electrons. The van der Waals surface area contributed by atoms with Gasteiger partial charge in [0.1, 0.15) is 14.3 Å². The third-order valence-electron chi connectivity index (χ3n) is 18.2. The Morgan fingerprint density at radius 2 is 0.455 bits per heavy atom. The Morgan fingerprint density at radius 1 is 0.182 bits per heavy atom. The zero-order chi connectivity index (χ0) is 59.4. The van der Waals surface area contributed by atoms with Crippen LogP contribution in [0.1, 0.15) is 0 Å². The molecule has 0 aliphatic rings. The Kier molecular flexibility index (Phi) is 12.7. The van der Waals surface area contributed by atoms with Gasteiger partial charge in [-0.2, -0.15) is 0 Å². The van der Waals surface area contributed by atoms with Crippen LogP contribution in [-0.2, 0) is 9.13 Å². The standard InChI is InChI=1S/C84H60O2P2/c1-87(2,85)71-36-32-53(33-37-71)63-46-67(81-73-26-11-5-18-57(73)42-58-19-6-12-27-74(58)81)50-68(47-63)83-77-30-15-9-22-61(77)44-65-40-55(34-38-79(65)83)56-35-39-80-66(41-56)45-62-23-10-16-31-78(62)84(80)70-49-64(54-24-17-25-72(52-54)88(3,4)86)48-69(51-70)82-75-28-13-7-20-59(75)43-60-21-8-14-29-76(60)82/h5-52H,1-4H3. The first-order valence-electron chi connectivity index (χ1n) is 30.2. The molecular formula is C84H60O2P2. The van der Waals surface area contributed by atoms with Crippen molar-refractivity contribution in [1.82, 2.24) is 0 Å². The van der Waals surface area contributed by atoms with Gasteiger partial charge in [-0.15, -0.1) is 0 Å². The molecule has 16 rings (SSSR count). The second-order valence-corrected chi connectivity index (χ2v) is 31.0. The highest BCUT2D eigenvalue weighted by Crippen LogP contribution is 2.48. The Balaban J connectivity index is 0.889. The first-order valence-corrected chi connectivity index (χ1v) is 35.4.